The van der Waals surface area contributed by atoms with Crippen LogP contribution in [0.1, 0.15) is 15.9 Å². The summed E-state index contributed by atoms with van der Waals surface area (Å²) in [4.78, 5) is 12.2. The van der Waals surface area contributed by atoms with E-state index in [2.05, 4.69) is 10.6 Å². The number of halogens is 2. The largest absolute Gasteiger partial charge is 0.383 e. The van der Waals surface area contributed by atoms with Crippen molar-refractivity contribution in [2.24, 2.45) is 0 Å². The maximum Gasteiger partial charge on any atom is 0.256 e. The van der Waals surface area contributed by atoms with E-state index in [9.17, 15) is 9.18 Å². The number of carbonyl (C=O) groups is 1. The fraction of sp³-hybridized carbons (Fsp3) is 0.235. The SMILES string of the molecule is COCCNc1ccccc1CNC(=O)c1c(F)cccc1Cl. The van der Waals surface area contributed by atoms with Crippen LogP contribution in [0, 0.1) is 5.82 Å². The second kappa shape index (κ2) is 8.50. The molecule has 2 aromatic carbocycles. The first-order chi connectivity index (χ1) is 11.1. The Bertz CT molecular complexity index is 659. The van der Waals surface area contributed by atoms with Crippen LogP contribution >= 0.6 is 11.6 Å². The second-order valence-corrected chi connectivity index (χ2v) is 5.26. The van der Waals surface area contributed by atoms with Crippen LogP contribution in [0.25, 0.3) is 0 Å². The number of rotatable bonds is 7. The molecule has 2 N–H and O–H groups in total. The summed E-state index contributed by atoms with van der Waals surface area (Å²) in [7, 11) is 1.63. The van der Waals surface area contributed by atoms with Crippen LogP contribution in [0.4, 0.5) is 10.1 Å². The molecule has 0 bridgehead atoms. The zero-order valence-electron chi connectivity index (χ0n) is 12.7. The van der Waals surface area contributed by atoms with Crippen molar-refractivity contribution in [3.63, 3.8) is 0 Å². The van der Waals surface area contributed by atoms with Gasteiger partial charge in [0.1, 0.15) is 5.82 Å². The number of nitrogens with one attached hydrogen (secondary N) is 2. The molecule has 0 aliphatic carbocycles. The first-order valence-corrected chi connectivity index (χ1v) is 7.54. The molecular formula is C17H18ClFN2O2. The Hall–Kier alpha value is -2.11. The average Bonchev–Trinajstić information content (AvgIpc) is 2.54. The summed E-state index contributed by atoms with van der Waals surface area (Å²) in [5.41, 5.74) is 1.65. The summed E-state index contributed by atoms with van der Waals surface area (Å²) in [5.74, 6) is -1.18. The number of ether oxygens (including phenoxy) is 1. The molecule has 4 nitrogen and oxygen atoms in total. The first-order valence-electron chi connectivity index (χ1n) is 7.16. The van der Waals surface area contributed by atoms with Gasteiger partial charge in [0.2, 0.25) is 0 Å². The zero-order chi connectivity index (χ0) is 16.7. The minimum absolute atomic E-state index is 0.0917. The molecular weight excluding hydrogens is 319 g/mol. The van der Waals surface area contributed by atoms with Gasteiger partial charge in [-0.1, -0.05) is 35.9 Å². The topological polar surface area (TPSA) is 50.4 Å². The van der Waals surface area contributed by atoms with E-state index in [1.54, 1.807) is 7.11 Å². The van der Waals surface area contributed by atoms with Gasteiger partial charge >= 0.3 is 0 Å². The molecule has 0 aromatic heterocycles. The molecule has 0 unspecified atom stereocenters. The highest BCUT2D eigenvalue weighted by Crippen LogP contribution is 2.19. The van der Waals surface area contributed by atoms with Crippen LogP contribution in [0.15, 0.2) is 42.5 Å². The lowest BCUT2D eigenvalue weighted by atomic mass is 10.1. The predicted octanol–water partition coefficient (Wildman–Crippen LogP) is 3.47. The van der Waals surface area contributed by atoms with Crippen LogP contribution in [0.3, 0.4) is 0 Å². The predicted molar refractivity (Wildman–Crippen MR) is 89.4 cm³/mol. The van der Waals surface area contributed by atoms with E-state index < -0.39 is 11.7 Å². The Morgan fingerprint density at radius 2 is 2.00 bits per heavy atom. The van der Waals surface area contributed by atoms with E-state index in [0.717, 1.165) is 11.3 Å². The fourth-order valence-corrected chi connectivity index (χ4v) is 2.36. The molecule has 0 spiro atoms. The molecule has 1 amide bonds. The molecule has 0 fully saturated rings. The van der Waals surface area contributed by atoms with Crippen molar-refractivity contribution >= 4 is 23.2 Å². The van der Waals surface area contributed by atoms with Gasteiger partial charge in [-0.2, -0.15) is 0 Å². The van der Waals surface area contributed by atoms with Gasteiger partial charge in [-0.15, -0.1) is 0 Å². The highest BCUT2D eigenvalue weighted by atomic mass is 35.5. The minimum Gasteiger partial charge on any atom is -0.383 e. The Kier molecular flexibility index (Phi) is 6.38. The van der Waals surface area contributed by atoms with Gasteiger partial charge in [0.15, 0.2) is 0 Å². The second-order valence-electron chi connectivity index (χ2n) is 4.86. The summed E-state index contributed by atoms with van der Waals surface area (Å²) in [6.07, 6.45) is 0. The Balaban J connectivity index is 2.04. The van der Waals surface area contributed by atoms with Crippen LogP contribution < -0.4 is 10.6 Å². The number of methoxy groups -OCH3 is 1. The first kappa shape index (κ1) is 17.2. The molecule has 23 heavy (non-hydrogen) atoms. The van der Waals surface area contributed by atoms with Gasteiger partial charge in [0.05, 0.1) is 17.2 Å². The average molecular weight is 337 g/mol. The van der Waals surface area contributed by atoms with Crippen molar-refractivity contribution < 1.29 is 13.9 Å². The molecule has 0 aliphatic heterocycles. The molecule has 0 heterocycles. The molecule has 0 saturated carbocycles. The van der Waals surface area contributed by atoms with Crippen LogP contribution in [0.2, 0.25) is 5.02 Å². The van der Waals surface area contributed by atoms with E-state index in [0.29, 0.717) is 13.2 Å². The quantitative estimate of drug-likeness (QED) is 0.761. The Morgan fingerprint density at radius 3 is 2.74 bits per heavy atom. The molecule has 0 aliphatic rings. The Morgan fingerprint density at radius 1 is 1.22 bits per heavy atom. The fourth-order valence-electron chi connectivity index (χ4n) is 2.11. The molecule has 2 aromatic rings. The lowest BCUT2D eigenvalue weighted by molar-refractivity contribution is 0.0947. The number of hydrogen-bond acceptors (Lipinski definition) is 3. The number of hydrogen-bond donors (Lipinski definition) is 2. The van der Waals surface area contributed by atoms with Gasteiger partial charge in [-0.25, -0.2) is 4.39 Å². The highest BCUT2D eigenvalue weighted by Gasteiger charge is 2.15. The van der Waals surface area contributed by atoms with Crippen LogP contribution in [-0.2, 0) is 11.3 Å². The molecule has 2 rings (SSSR count). The monoisotopic (exact) mass is 336 g/mol. The van der Waals surface area contributed by atoms with Crippen LogP contribution in [-0.4, -0.2) is 26.2 Å². The summed E-state index contributed by atoms with van der Waals surface area (Å²) in [6, 6.07) is 11.7. The summed E-state index contributed by atoms with van der Waals surface area (Å²) in [6.45, 7) is 1.49. The van der Waals surface area contributed by atoms with Crippen molar-refractivity contribution in [2.75, 3.05) is 25.6 Å². The van der Waals surface area contributed by atoms with E-state index in [4.69, 9.17) is 16.3 Å². The van der Waals surface area contributed by atoms with Crippen molar-refractivity contribution in [1.82, 2.24) is 5.32 Å². The number of para-hydroxylation sites is 1. The van der Waals surface area contributed by atoms with Gasteiger partial charge in [-0.05, 0) is 23.8 Å². The third-order valence-corrected chi connectivity index (χ3v) is 3.58. The summed E-state index contributed by atoms with van der Waals surface area (Å²) in [5, 5.41) is 6.01. The standard InChI is InChI=1S/C17H18ClFN2O2/c1-23-10-9-20-15-8-3-2-5-12(15)11-21-17(22)16-13(18)6-4-7-14(16)19/h2-8,20H,9-11H2,1H3,(H,21,22). The van der Waals surface area contributed by atoms with E-state index in [1.165, 1.54) is 18.2 Å². The molecule has 0 atom stereocenters. The lowest BCUT2D eigenvalue weighted by Gasteiger charge is -2.13. The third kappa shape index (κ3) is 4.68. The maximum atomic E-state index is 13.7. The highest BCUT2D eigenvalue weighted by molar-refractivity contribution is 6.33. The molecule has 0 saturated heterocycles. The van der Waals surface area contributed by atoms with Gasteiger partial charge < -0.3 is 15.4 Å². The Labute approximate surface area is 139 Å². The van der Waals surface area contributed by atoms with Crippen molar-refractivity contribution in [1.29, 1.82) is 0 Å². The summed E-state index contributed by atoms with van der Waals surface area (Å²) < 4.78 is 18.7. The number of carbonyl (C=O) groups excluding carboxylic acids is 1. The lowest BCUT2D eigenvalue weighted by Crippen LogP contribution is -2.25. The van der Waals surface area contributed by atoms with Crippen molar-refractivity contribution in [3.05, 3.63) is 64.4 Å². The van der Waals surface area contributed by atoms with Gasteiger partial charge in [0.25, 0.3) is 5.91 Å². The van der Waals surface area contributed by atoms with Crippen molar-refractivity contribution in [2.45, 2.75) is 6.54 Å². The molecule has 0 radical (unpaired) electrons. The minimum atomic E-state index is -0.637. The molecule has 6 heteroatoms. The van der Waals surface area contributed by atoms with Gasteiger partial charge in [0, 0.05) is 25.9 Å². The van der Waals surface area contributed by atoms with E-state index >= 15 is 0 Å². The van der Waals surface area contributed by atoms with Gasteiger partial charge in [-0.3, -0.25) is 4.79 Å². The van der Waals surface area contributed by atoms with Crippen molar-refractivity contribution in [3.8, 4) is 0 Å². The third-order valence-electron chi connectivity index (χ3n) is 3.27. The molecule has 122 valence electrons. The number of amides is 1. The normalized spacial score (nSPS) is 10.4. The number of anilines is 1. The maximum absolute atomic E-state index is 13.7. The van der Waals surface area contributed by atoms with E-state index in [-0.39, 0.29) is 17.1 Å². The van der Waals surface area contributed by atoms with E-state index in [1.807, 2.05) is 24.3 Å². The summed E-state index contributed by atoms with van der Waals surface area (Å²) >= 11 is 5.89. The van der Waals surface area contributed by atoms with Crippen LogP contribution in [0.5, 0.6) is 0 Å². The smallest absolute Gasteiger partial charge is 0.256 e. The zero-order valence-corrected chi connectivity index (χ0v) is 13.5. The number of benzene rings is 2.